The Morgan fingerprint density at radius 1 is 0.950 bits per heavy atom. The van der Waals surface area contributed by atoms with Gasteiger partial charge in [0.25, 0.3) is 0 Å². The first-order valence-corrected chi connectivity index (χ1v) is 8.96. The Bertz CT molecular complexity index is 224. The van der Waals surface area contributed by atoms with E-state index in [1.807, 2.05) is 0 Å². The van der Waals surface area contributed by atoms with Crippen LogP contribution in [0.1, 0.15) is 12.8 Å². The van der Waals surface area contributed by atoms with Crippen LogP contribution in [0.15, 0.2) is 0 Å². The van der Waals surface area contributed by atoms with Gasteiger partial charge in [-0.25, -0.2) is 3.11 Å². The quantitative estimate of drug-likeness (QED) is 0.367. The smallest absolute Gasteiger partial charge is 0.0209 e. The van der Waals surface area contributed by atoms with Crippen LogP contribution in [0.3, 0.4) is 0 Å². The lowest BCUT2D eigenvalue weighted by Gasteiger charge is -2.31. The highest BCUT2D eigenvalue weighted by atomic mass is 127. The number of piperazine rings is 1. The first kappa shape index (κ1) is 16.9. The Kier molecular flexibility index (Phi) is 8.05. The van der Waals surface area contributed by atoms with Crippen molar-refractivity contribution in [3.05, 3.63) is 0 Å². The van der Waals surface area contributed by atoms with Gasteiger partial charge < -0.3 is 15.5 Å². The van der Waals surface area contributed by atoms with E-state index in [0.717, 1.165) is 25.7 Å². The van der Waals surface area contributed by atoms with Crippen molar-refractivity contribution in [1.82, 2.24) is 23.5 Å². The summed E-state index contributed by atoms with van der Waals surface area (Å²) in [5.74, 6) is 0. The first-order chi connectivity index (χ1) is 9.74. The van der Waals surface area contributed by atoms with Crippen LogP contribution in [0.2, 0.25) is 0 Å². The molecule has 0 aromatic rings. The molecule has 2 rings (SSSR count). The number of likely N-dealkylation sites (tertiary alicyclic amines) is 1. The van der Waals surface area contributed by atoms with E-state index in [0.29, 0.717) is 0 Å². The number of hydrogen-bond donors (Lipinski definition) is 2. The number of piperidine rings is 1. The maximum atomic E-state index is 3.68. The molecule has 20 heavy (non-hydrogen) atoms. The van der Waals surface area contributed by atoms with E-state index < -0.39 is 0 Å². The Morgan fingerprint density at radius 2 is 1.65 bits per heavy atom. The zero-order valence-corrected chi connectivity index (χ0v) is 14.9. The summed E-state index contributed by atoms with van der Waals surface area (Å²) in [5.41, 5.74) is 0. The van der Waals surface area contributed by atoms with Crippen molar-refractivity contribution in [2.24, 2.45) is 0 Å². The lowest BCUT2D eigenvalue weighted by atomic mass is 10.1. The largest absolute Gasteiger partial charge is 0.314 e. The van der Waals surface area contributed by atoms with Gasteiger partial charge in [0, 0.05) is 81.3 Å². The molecule has 6 heteroatoms. The Balaban J connectivity index is 1.40. The van der Waals surface area contributed by atoms with Crippen LogP contribution in [0.4, 0.5) is 0 Å². The van der Waals surface area contributed by atoms with Crippen molar-refractivity contribution in [2.45, 2.75) is 18.9 Å². The maximum Gasteiger partial charge on any atom is 0.0209 e. The fraction of sp³-hybridized carbons (Fsp3) is 1.00. The molecule has 2 saturated heterocycles. The van der Waals surface area contributed by atoms with Crippen molar-refractivity contribution < 1.29 is 0 Å². The maximum absolute atomic E-state index is 3.68. The Hall–Kier alpha value is 0.530. The molecule has 0 aliphatic carbocycles. The van der Waals surface area contributed by atoms with Crippen molar-refractivity contribution in [3.63, 3.8) is 0 Å². The van der Waals surface area contributed by atoms with Gasteiger partial charge in [0.1, 0.15) is 0 Å². The van der Waals surface area contributed by atoms with Gasteiger partial charge in [-0.3, -0.25) is 4.90 Å². The summed E-state index contributed by atoms with van der Waals surface area (Å²) in [5, 5.41) is 7.24. The molecule has 2 fully saturated rings. The normalized spacial score (nSPS) is 24.3. The highest BCUT2D eigenvalue weighted by molar-refractivity contribution is 14.1. The van der Waals surface area contributed by atoms with Crippen LogP contribution in [-0.2, 0) is 0 Å². The summed E-state index contributed by atoms with van der Waals surface area (Å²) in [6, 6.07) is 0.740. The molecule has 0 radical (unpaired) electrons. The molecule has 0 unspecified atom stereocenters. The lowest BCUT2D eigenvalue weighted by Crippen LogP contribution is -2.46. The summed E-state index contributed by atoms with van der Waals surface area (Å²) in [4.78, 5) is 4.98. The van der Waals surface area contributed by atoms with Crippen molar-refractivity contribution in [1.29, 1.82) is 0 Å². The van der Waals surface area contributed by atoms with Crippen LogP contribution in [0.25, 0.3) is 0 Å². The molecule has 0 bridgehead atoms. The molecule has 0 aromatic carbocycles. The molecule has 2 aliphatic rings. The molecular formula is C14H30IN5. The number of hydrogen-bond acceptors (Lipinski definition) is 5. The number of nitrogens with one attached hydrogen (secondary N) is 2. The van der Waals surface area contributed by atoms with Crippen LogP contribution in [0, 0.1) is 0 Å². The minimum absolute atomic E-state index is 0.740. The molecule has 0 saturated carbocycles. The van der Waals surface area contributed by atoms with Crippen molar-refractivity contribution >= 4 is 22.9 Å². The highest BCUT2D eigenvalue weighted by Gasteiger charge is 2.15. The third kappa shape index (κ3) is 6.53. The SMILES string of the molecule is CN1CCC(NCCNCCN2CCN(I)CC2)CC1. The van der Waals surface area contributed by atoms with Crippen LogP contribution < -0.4 is 10.6 Å². The Morgan fingerprint density at radius 3 is 2.35 bits per heavy atom. The van der Waals surface area contributed by atoms with E-state index in [1.54, 1.807) is 0 Å². The molecule has 0 atom stereocenters. The average Bonchev–Trinajstić information content (AvgIpc) is 2.46. The summed E-state index contributed by atoms with van der Waals surface area (Å²) in [7, 11) is 2.22. The van der Waals surface area contributed by atoms with Gasteiger partial charge in [-0.05, 0) is 33.0 Å². The highest BCUT2D eigenvalue weighted by Crippen LogP contribution is 2.07. The van der Waals surface area contributed by atoms with Crippen molar-refractivity contribution in [3.8, 4) is 0 Å². The van der Waals surface area contributed by atoms with E-state index in [2.05, 4.69) is 53.5 Å². The van der Waals surface area contributed by atoms with Gasteiger partial charge in [0.2, 0.25) is 0 Å². The fourth-order valence-electron chi connectivity index (χ4n) is 2.89. The monoisotopic (exact) mass is 395 g/mol. The molecule has 0 spiro atoms. The summed E-state index contributed by atoms with van der Waals surface area (Å²) in [6.07, 6.45) is 2.61. The van der Waals surface area contributed by atoms with Crippen LogP contribution >= 0.6 is 22.9 Å². The second-order valence-corrected chi connectivity index (χ2v) is 7.40. The van der Waals surface area contributed by atoms with Gasteiger partial charge in [0.05, 0.1) is 0 Å². The van der Waals surface area contributed by atoms with Crippen molar-refractivity contribution in [2.75, 3.05) is 72.5 Å². The number of halogens is 1. The van der Waals surface area contributed by atoms with Gasteiger partial charge in [-0.1, -0.05) is 0 Å². The van der Waals surface area contributed by atoms with Gasteiger partial charge in [-0.2, -0.15) is 0 Å². The standard InChI is InChI=1S/C14H30IN5/c1-18-7-2-14(3-8-18)17-5-4-16-6-9-19-10-12-20(15)13-11-19/h14,16-17H,2-13H2,1H3. The molecule has 0 aromatic heterocycles. The minimum atomic E-state index is 0.740. The second kappa shape index (κ2) is 9.53. The van der Waals surface area contributed by atoms with Gasteiger partial charge in [0.15, 0.2) is 0 Å². The molecule has 2 N–H and O–H groups in total. The Labute approximate surface area is 137 Å². The molecule has 5 nitrogen and oxygen atoms in total. The minimum Gasteiger partial charge on any atom is -0.314 e. The van der Waals surface area contributed by atoms with E-state index in [4.69, 9.17) is 0 Å². The molecule has 2 heterocycles. The van der Waals surface area contributed by atoms with E-state index >= 15 is 0 Å². The zero-order chi connectivity index (χ0) is 14.2. The fourth-order valence-corrected chi connectivity index (χ4v) is 3.32. The average molecular weight is 395 g/mol. The zero-order valence-electron chi connectivity index (χ0n) is 12.8. The third-order valence-corrected chi connectivity index (χ3v) is 5.34. The van der Waals surface area contributed by atoms with E-state index in [1.165, 1.54) is 58.7 Å². The second-order valence-electron chi connectivity index (χ2n) is 6.03. The topological polar surface area (TPSA) is 33.8 Å². The third-order valence-electron chi connectivity index (χ3n) is 4.38. The number of nitrogens with zero attached hydrogens (tertiary/aromatic N) is 3. The first-order valence-electron chi connectivity index (χ1n) is 8.00. The summed E-state index contributed by atoms with van der Waals surface area (Å²) >= 11 is 2.42. The van der Waals surface area contributed by atoms with Gasteiger partial charge >= 0.3 is 0 Å². The van der Waals surface area contributed by atoms with Crippen LogP contribution in [0.5, 0.6) is 0 Å². The van der Waals surface area contributed by atoms with Crippen LogP contribution in [-0.4, -0.2) is 91.5 Å². The number of rotatable bonds is 7. The summed E-state index contributed by atoms with van der Waals surface area (Å²) < 4.78 is 2.38. The van der Waals surface area contributed by atoms with Gasteiger partial charge in [-0.15, -0.1) is 0 Å². The molecular weight excluding hydrogens is 365 g/mol. The van der Waals surface area contributed by atoms with E-state index in [-0.39, 0.29) is 0 Å². The lowest BCUT2D eigenvalue weighted by molar-refractivity contribution is 0.206. The molecule has 118 valence electrons. The molecule has 0 amide bonds. The van der Waals surface area contributed by atoms with E-state index in [9.17, 15) is 0 Å². The summed E-state index contributed by atoms with van der Waals surface area (Å²) in [6.45, 7) is 11.9. The molecule has 2 aliphatic heterocycles. The predicted molar refractivity (Wildman–Crippen MR) is 93.4 cm³/mol. The predicted octanol–water partition coefficient (Wildman–Crippen LogP) is 0.227.